The van der Waals surface area contributed by atoms with Gasteiger partial charge in [-0.2, -0.15) is 0 Å². The van der Waals surface area contributed by atoms with Crippen molar-refractivity contribution >= 4 is 57.9 Å². The van der Waals surface area contributed by atoms with Crippen LogP contribution in [-0.4, -0.2) is 124 Å². The summed E-state index contributed by atoms with van der Waals surface area (Å²) in [6.07, 6.45) is 6.44. The number of halogens is 2. The number of fused-ring (bicyclic) bond motifs is 2. The molecule has 0 spiro atoms. The van der Waals surface area contributed by atoms with Crippen LogP contribution in [0.25, 0.3) is 44.7 Å². The molecule has 0 bridgehead atoms. The summed E-state index contributed by atoms with van der Waals surface area (Å²) in [4.78, 5) is 71.3. The molecule has 0 radical (unpaired) electrons. The zero-order chi connectivity index (χ0) is 47.9. The van der Waals surface area contributed by atoms with E-state index in [0.717, 1.165) is 53.3 Å². The molecule has 10 rings (SSSR count). The number of likely N-dealkylation sites (tertiary alicyclic amines) is 2. The van der Waals surface area contributed by atoms with Crippen molar-refractivity contribution in [3.63, 3.8) is 0 Å². The van der Waals surface area contributed by atoms with Crippen molar-refractivity contribution in [2.24, 2.45) is 28.7 Å². The summed E-state index contributed by atoms with van der Waals surface area (Å²) in [6.45, 7) is 8.51. The molecule has 4 aliphatic heterocycles. The number of piperidine rings is 1. The number of hydrogen-bond donors (Lipinski definition) is 3. The number of imidazole rings is 2. The molecule has 69 heavy (non-hydrogen) atoms. The number of alkyl carbamates (subject to hydrolysis) is 1. The van der Waals surface area contributed by atoms with E-state index in [1.807, 2.05) is 59.5 Å². The molecule has 1 saturated carbocycles. The molecule has 5 aromatic rings. The number of carbonyl (C=O) groups excluding carboxylic acids is 3. The van der Waals surface area contributed by atoms with E-state index >= 15 is 0 Å². The molecule has 362 valence electrons. The number of aromatic nitrogens is 5. The van der Waals surface area contributed by atoms with Crippen molar-refractivity contribution in [1.82, 2.24) is 40.0 Å². The van der Waals surface area contributed by atoms with E-state index in [2.05, 4.69) is 27.9 Å². The van der Waals surface area contributed by atoms with E-state index in [1.165, 1.54) is 7.11 Å². The van der Waals surface area contributed by atoms with Gasteiger partial charge in [-0.05, 0) is 97.9 Å². The monoisotopic (exact) mass is 977 g/mol. The van der Waals surface area contributed by atoms with Crippen LogP contribution in [-0.2, 0) is 28.5 Å². The highest BCUT2D eigenvalue weighted by atomic mass is 35.5. The number of nitrogens with one attached hydrogen (secondary N) is 3. The number of nitrogens with zero attached hydrogens (tertiary/aromatic N) is 6. The fourth-order valence-corrected chi connectivity index (χ4v) is 11.3. The third-order valence-corrected chi connectivity index (χ3v) is 15.3. The van der Waals surface area contributed by atoms with Gasteiger partial charge in [0.15, 0.2) is 5.90 Å². The summed E-state index contributed by atoms with van der Waals surface area (Å²) in [6, 6.07) is 16.3. The summed E-state index contributed by atoms with van der Waals surface area (Å²) in [7, 11) is 2.87. The fraction of sp³-hybridized carbons (Fsp3) is 0.471. The Bertz CT molecular complexity index is 2770. The molecule has 5 aliphatic rings. The highest BCUT2D eigenvalue weighted by Crippen LogP contribution is 2.54. The van der Waals surface area contributed by atoms with E-state index in [9.17, 15) is 14.4 Å². The van der Waals surface area contributed by atoms with Gasteiger partial charge >= 0.3 is 6.09 Å². The lowest BCUT2D eigenvalue weighted by atomic mass is 9.90. The molecular formula is C51H57Cl2N9O7. The molecular weight excluding hydrogens is 922 g/mol. The van der Waals surface area contributed by atoms with Crippen LogP contribution in [0.1, 0.15) is 75.6 Å². The standard InChI is InChI=1S/C51H57Cl2N9O7/c1-5-28-22-39(61(26-28)49(63)42(58-51(65)67-4)31-14-18-68-19-15-31)47-56-41(45(52)59-47)30-8-6-29(7-9-30)33-10-12-36-34(23-33)11-13-37(55-36)44-46(53)60-48(57-44)40-25-35-24-38(35)62(40)50(64)43(54-27(2)66-3)32-16-20-69-21-17-32/h5-13,23,28,31-32,35,38-40,42-43H,1,14-22,24-26H2,2-4H3,(H,56,59)(H,57,60)(H,58,65). The number of aromatic amines is 2. The van der Waals surface area contributed by atoms with Gasteiger partial charge in [-0.3, -0.25) is 9.59 Å². The Morgan fingerprint density at radius 1 is 0.797 bits per heavy atom. The lowest BCUT2D eigenvalue weighted by Gasteiger charge is -2.34. The average Bonchev–Trinajstić information content (AvgIpc) is 3.73. The highest BCUT2D eigenvalue weighted by molar-refractivity contribution is 6.32. The SMILES string of the molecule is C=CC1CC(c2nc(-c3ccc(-c4ccc5nc(-c6nc(C7CC8CC8N7C(=O)C(N=C(C)OC)C7CCOCC7)[nH]c6Cl)ccc5c4)cc3)c(Cl)[nH]2)N(C(=O)C(NC(=O)OC)C2CCOCC2)C1. The number of ether oxygens (including phenoxy) is 4. The van der Waals surface area contributed by atoms with Crippen molar-refractivity contribution in [3.05, 3.63) is 89.2 Å². The van der Waals surface area contributed by atoms with Crippen LogP contribution in [0, 0.1) is 23.7 Å². The van der Waals surface area contributed by atoms with Crippen molar-refractivity contribution in [2.45, 2.75) is 82.1 Å². The van der Waals surface area contributed by atoms with Gasteiger partial charge in [0.1, 0.15) is 45.4 Å². The topological polar surface area (TPSA) is 189 Å². The van der Waals surface area contributed by atoms with E-state index in [-0.39, 0.29) is 41.7 Å². The first-order valence-electron chi connectivity index (χ1n) is 23.9. The maximum Gasteiger partial charge on any atom is 0.407 e. The Morgan fingerprint density at radius 3 is 2.14 bits per heavy atom. The van der Waals surface area contributed by atoms with Crippen LogP contribution in [0.4, 0.5) is 4.79 Å². The quantitative estimate of drug-likeness (QED) is 0.0620. The van der Waals surface area contributed by atoms with Crippen molar-refractivity contribution < 1.29 is 33.3 Å². The number of aliphatic imine (C=N–C) groups is 1. The Kier molecular flexibility index (Phi) is 13.5. The van der Waals surface area contributed by atoms with Crippen LogP contribution >= 0.6 is 23.2 Å². The number of H-pyrrole nitrogens is 2. The third kappa shape index (κ3) is 9.48. The predicted octanol–water partition coefficient (Wildman–Crippen LogP) is 8.74. The molecule has 3 N–H and O–H groups in total. The first-order chi connectivity index (χ1) is 33.5. The fourth-order valence-electron chi connectivity index (χ4n) is 10.8. The summed E-state index contributed by atoms with van der Waals surface area (Å²) in [5, 5.41) is 4.50. The molecule has 2 aromatic carbocycles. The van der Waals surface area contributed by atoms with Gasteiger partial charge in [-0.15, -0.1) is 6.58 Å². The van der Waals surface area contributed by atoms with Crippen molar-refractivity contribution in [3.8, 4) is 33.8 Å². The molecule has 1 aliphatic carbocycles. The highest BCUT2D eigenvalue weighted by Gasteiger charge is 2.57. The summed E-state index contributed by atoms with van der Waals surface area (Å²) >= 11 is 13.7. The number of hydrogen-bond acceptors (Lipinski definition) is 11. The Balaban J connectivity index is 0.847. The number of rotatable bonds is 12. The molecule has 3 amide bonds. The van der Waals surface area contributed by atoms with Gasteiger partial charge in [0.25, 0.3) is 0 Å². The summed E-state index contributed by atoms with van der Waals surface area (Å²) in [5.74, 6) is 1.96. The molecule has 16 nitrogen and oxygen atoms in total. The zero-order valence-electron chi connectivity index (χ0n) is 39.0. The van der Waals surface area contributed by atoms with E-state index in [0.29, 0.717) is 103 Å². The molecule has 7 unspecified atom stereocenters. The Labute approximate surface area is 410 Å². The number of methoxy groups -OCH3 is 2. The number of carbonyl (C=O) groups is 3. The minimum absolute atomic E-state index is 0.00584. The minimum Gasteiger partial charge on any atom is -0.484 e. The van der Waals surface area contributed by atoms with Crippen molar-refractivity contribution in [1.29, 1.82) is 0 Å². The minimum atomic E-state index is -0.771. The first-order valence-corrected chi connectivity index (χ1v) is 24.6. The maximum atomic E-state index is 14.4. The summed E-state index contributed by atoms with van der Waals surface area (Å²) < 4.78 is 21.5. The second-order valence-corrected chi connectivity index (χ2v) is 19.6. The largest absolute Gasteiger partial charge is 0.484 e. The van der Waals surface area contributed by atoms with Gasteiger partial charge in [-0.1, -0.05) is 65.7 Å². The normalized spacial score (nSPS) is 24.0. The number of pyridine rings is 1. The lowest BCUT2D eigenvalue weighted by molar-refractivity contribution is -0.137. The zero-order valence-corrected chi connectivity index (χ0v) is 40.5. The molecule has 7 atom stereocenters. The predicted molar refractivity (Wildman–Crippen MR) is 262 cm³/mol. The smallest absolute Gasteiger partial charge is 0.407 e. The van der Waals surface area contributed by atoms with Crippen LogP contribution in [0.3, 0.4) is 0 Å². The molecule has 3 aromatic heterocycles. The van der Waals surface area contributed by atoms with E-state index < -0.39 is 24.2 Å². The molecule has 18 heteroatoms. The van der Waals surface area contributed by atoms with Gasteiger partial charge in [0.2, 0.25) is 11.8 Å². The van der Waals surface area contributed by atoms with Crippen molar-refractivity contribution in [2.75, 3.05) is 47.2 Å². The Hall–Kier alpha value is -5.81. The van der Waals surface area contributed by atoms with Crippen LogP contribution in [0.5, 0.6) is 0 Å². The number of benzene rings is 2. The van der Waals surface area contributed by atoms with Crippen LogP contribution < -0.4 is 5.32 Å². The Morgan fingerprint density at radius 2 is 1.45 bits per heavy atom. The van der Waals surface area contributed by atoms with Gasteiger partial charge < -0.3 is 44.0 Å². The van der Waals surface area contributed by atoms with Gasteiger partial charge in [0, 0.05) is 56.9 Å². The van der Waals surface area contributed by atoms with Crippen LogP contribution in [0.15, 0.2) is 72.2 Å². The van der Waals surface area contributed by atoms with Crippen LogP contribution in [0.2, 0.25) is 10.3 Å². The maximum absolute atomic E-state index is 14.4. The number of amides is 3. The van der Waals surface area contributed by atoms with E-state index in [4.69, 9.17) is 62.1 Å². The molecule has 5 fully saturated rings. The second-order valence-electron chi connectivity index (χ2n) is 18.9. The molecule has 4 saturated heterocycles. The third-order valence-electron chi connectivity index (χ3n) is 14.8. The lowest BCUT2D eigenvalue weighted by Crippen LogP contribution is -2.53. The van der Waals surface area contributed by atoms with E-state index in [1.54, 1.807) is 18.9 Å². The molecule has 7 heterocycles. The van der Waals surface area contributed by atoms with Gasteiger partial charge in [0.05, 0.1) is 37.5 Å². The second kappa shape index (κ2) is 19.9. The first kappa shape index (κ1) is 46.9. The average molecular weight is 979 g/mol. The summed E-state index contributed by atoms with van der Waals surface area (Å²) in [5.41, 5.74) is 5.34. The van der Waals surface area contributed by atoms with Gasteiger partial charge in [-0.25, -0.2) is 24.7 Å².